The third-order valence-electron chi connectivity index (χ3n) is 2.36. The van der Waals surface area contributed by atoms with Gasteiger partial charge in [0, 0.05) is 29.2 Å². The van der Waals surface area contributed by atoms with Gasteiger partial charge in [0.2, 0.25) is 0 Å². The molecule has 0 amide bonds. The molecule has 3 nitrogen and oxygen atoms in total. The van der Waals surface area contributed by atoms with Crippen molar-refractivity contribution in [1.29, 1.82) is 0 Å². The maximum atomic E-state index is 8.52. The molecule has 14 heavy (non-hydrogen) atoms. The van der Waals surface area contributed by atoms with E-state index in [1.54, 1.807) is 0 Å². The van der Waals surface area contributed by atoms with Crippen LogP contribution >= 0.6 is 0 Å². The Labute approximate surface area is 82.3 Å². The molecule has 0 spiro atoms. The van der Waals surface area contributed by atoms with Gasteiger partial charge in [-0.15, -0.1) is 0 Å². The van der Waals surface area contributed by atoms with Crippen molar-refractivity contribution in [3.05, 3.63) is 36.0 Å². The molecule has 0 atom stereocenters. The molecule has 0 aliphatic rings. The van der Waals surface area contributed by atoms with Crippen molar-refractivity contribution >= 4 is 17.1 Å². The highest BCUT2D eigenvalue weighted by Gasteiger charge is 2.04. The molecule has 1 N–H and O–H groups in total. The van der Waals surface area contributed by atoms with Gasteiger partial charge in [-0.25, -0.2) is 0 Å². The summed E-state index contributed by atoms with van der Waals surface area (Å²) in [6.07, 6.45) is 3.46. The number of hydrogen-bond donors (Lipinski definition) is 1. The summed E-state index contributed by atoms with van der Waals surface area (Å²) in [7, 11) is 0. The minimum atomic E-state index is 0.916. The number of oxime groups is 1. The first-order valence-electron chi connectivity index (χ1n) is 4.62. The van der Waals surface area contributed by atoms with Gasteiger partial charge < -0.3 is 9.77 Å². The summed E-state index contributed by atoms with van der Waals surface area (Å²) >= 11 is 0. The van der Waals surface area contributed by atoms with Crippen molar-refractivity contribution in [2.45, 2.75) is 13.5 Å². The molecule has 2 rings (SSSR count). The third-order valence-corrected chi connectivity index (χ3v) is 2.36. The van der Waals surface area contributed by atoms with Crippen molar-refractivity contribution in [3.8, 4) is 0 Å². The molecule has 0 unspecified atom stereocenters. The molecule has 0 aliphatic carbocycles. The van der Waals surface area contributed by atoms with E-state index >= 15 is 0 Å². The van der Waals surface area contributed by atoms with Crippen molar-refractivity contribution in [2.24, 2.45) is 5.16 Å². The van der Waals surface area contributed by atoms with Crippen molar-refractivity contribution < 1.29 is 5.21 Å². The van der Waals surface area contributed by atoms with Crippen LogP contribution < -0.4 is 0 Å². The van der Waals surface area contributed by atoms with Crippen LogP contribution in [0.4, 0.5) is 0 Å². The summed E-state index contributed by atoms with van der Waals surface area (Å²) in [5.74, 6) is 0. The lowest BCUT2D eigenvalue weighted by atomic mass is 10.2. The van der Waals surface area contributed by atoms with Gasteiger partial charge in [-0.2, -0.15) is 0 Å². The van der Waals surface area contributed by atoms with Crippen LogP contribution in [0, 0.1) is 0 Å². The molecule has 3 heteroatoms. The first-order chi connectivity index (χ1) is 6.86. The second kappa shape index (κ2) is 3.54. The highest BCUT2D eigenvalue weighted by Crippen LogP contribution is 2.19. The summed E-state index contributed by atoms with van der Waals surface area (Å²) in [6, 6.07) is 8.08. The average molecular weight is 188 g/mol. The quantitative estimate of drug-likeness (QED) is 0.439. The van der Waals surface area contributed by atoms with Crippen molar-refractivity contribution in [2.75, 3.05) is 0 Å². The Morgan fingerprint density at radius 1 is 1.43 bits per heavy atom. The van der Waals surface area contributed by atoms with Crippen LogP contribution in [0.5, 0.6) is 0 Å². The fourth-order valence-electron chi connectivity index (χ4n) is 1.70. The van der Waals surface area contributed by atoms with E-state index in [4.69, 9.17) is 5.21 Å². The van der Waals surface area contributed by atoms with Crippen molar-refractivity contribution in [1.82, 2.24) is 4.57 Å². The molecule has 0 aliphatic heterocycles. The number of aryl methyl sites for hydroxylation is 1. The summed E-state index contributed by atoms with van der Waals surface area (Å²) in [4.78, 5) is 0. The van der Waals surface area contributed by atoms with E-state index in [1.165, 1.54) is 11.7 Å². The van der Waals surface area contributed by atoms with E-state index in [1.807, 2.05) is 24.4 Å². The molecule has 0 radical (unpaired) electrons. The zero-order valence-electron chi connectivity index (χ0n) is 8.01. The molecule has 0 saturated carbocycles. The molecule has 0 fully saturated rings. The molecule has 1 aromatic carbocycles. The van der Waals surface area contributed by atoms with E-state index in [0.29, 0.717) is 0 Å². The Morgan fingerprint density at radius 2 is 2.21 bits per heavy atom. The Morgan fingerprint density at radius 3 is 2.93 bits per heavy atom. The number of fused-ring (bicyclic) bond motifs is 1. The molecule has 1 aromatic heterocycles. The largest absolute Gasteiger partial charge is 0.411 e. The van der Waals surface area contributed by atoms with Gasteiger partial charge in [-0.05, 0) is 13.0 Å². The number of para-hydroxylation sites is 1. The van der Waals surface area contributed by atoms with Crippen LogP contribution in [-0.4, -0.2) is 16.0 Å². The monoisotopic (exact) mass is 188 g/mol. The average Bonchev–Trinajstić information content (AvgIpc) is 2.58. The minimum absolute atomic E-state index is 0.916. The zero-order chi connectivity index (χ0) is 9.97. The number of rotatable bonds is 2. The van der Waals surface area contributed by atoms with Crippen molar-refractivity contribution in [3.63, 3.8) is 0 Å². The molecule has 1 heterocycles. The number of nitrogens with zero attached hydrogens (tertiary/aromatic N) is 2. The fourth-order valence-corrected chi connectivity index (χ4v) is 1.70. The standard InChI is InChI=1S/C11H12N2O/c1-2-13-8-9(7-12-14)10-5-3-4-6-11(10)13/h3-8,14H,2H2,1H3. The molecular formula is C11H12N2O. The molecule has 0 saturated heterocycles. The van der Waals surface area contributed by atoms with Crippen LogP contribution in [-0.2, 0) is 6.54 Å². The number of aromatic nitrogens is 1. The minimum Gasteiger partial charge on any atom is -0.411 e. The number of benzene rings is 1. The normalized spacial score (nSPS) is 11.5. The van der Waals surface area contributed by atoms with Gasteiger partial charge >= 0.3 is 0 Å². The summed E-state index contributed by atoms with van der Waals surface area (Å²) < 4.78 is 2.13. The highest BCUT2D eigenvalue weighted by atomic mass is 16.4. The molecule has 2 aromatic rings. The van der Waals surface area contributed by atoms with Gasteiger partial charge in [0.25, 0.3) is 0 Å². The molecular weight excluding hydrogens is 176 g/mol. The summed E-state index contributed by atoms with van der Waals surface area (Å²) in [5, 5.41) is 12.7. The lowest BCUT2D eigenvalue weighted by Crippen LogP contribution is -1.89. The predicted molar refractivity (Wildman–Crippen MR) is 57.0 cm³/mol. The second-order valence-corrected chi connectivity index (χ2v) is 3.13. The van der Waals surface area contributed by atoms with Crippen LogP contribution in [0.3, 0.4) is 0 Å². The first-order valence-corrected chi connectivity index (χ1v) is 4.62. The zero-order valence-corrected chi connectivity index (χ0v) is 8.01. The highest BCUT2D eigenvalue weighted by molar-refractivity contribution is 5.99. The smallest absolute Gasteiger partial charge is 0.0755 e. The van der Waals surface area contributed by atoms with Gasteiger partial charge in [0.15, 0.2) is 0 Å². The molecule has 72 valence electrons. The second-order valence-electron chi connectivity index (χ2n) is 3.13. The van der Waals surface area contributed by atoms with Gasteiger partial charge in [0.1, 0.15) is 0 Å². The van der Waals surface area contributed by atoms with Gasteiger partial charge in [-0.3, -0.25) is 0 Å². The maximum Gasteiger partial charge on any atom is 0.0755 e. The van der Waals surface area contributed by atoms with E-state index < -0.39 is 0 Å². The Balaban J connectivity index is 2.73. The van der Waals surface area contributed by atoms with E-state index in [0.717, 1.165) is 17.5 Å². The first kappa shape index (κ1) is 8.81. The predicted octanol–water partition coefficient (Wildman–Crippen LogP) is 2.47. The Hall–Kier alpha value is -1.77. The Kier molecular flexibility index (Phi) is 2.23. The summed E-state index contributed by atoms with van der Waals surface area (Å²) in [5.41, 5.74) is 2.12. The van der Waals surface area contributed by atoms with Crippen LogP contribution in [0.2, 0.25) is 0 Å². The van der Waals surface area contributed by atoms with E-state index in [-0.39, 0.29) is 0 Å². The van der Waals surface area contributed by atoms with E-state index in [9.17, 15) is 0 Å². The van der Waals surface area contributed by atoms with Crippen LogP contribution in [0.1, 0.15) is 12.5 Å². The van der Waals surface area contributed by atoms with E-state index in [2.05, 4.69) is 22.7 Å². The van der Waals surface area contributed by atoms with Crippen LogP contribution in [0.25, 0.3) is 10.9 Å². The van der Waals surface area contributed by atoms with Gasteiger partial charge in [-0.1, -0.05) is 23.4 Å². The lowest BCUT2D eigenvalue weighted by molar-refractivity contribution is 0.322. The topological polar surface area (TPSA) is 37.5 Å². The van der Waals surface area contributed by atoms with Crippen LogP contribution in [0.15, 0.2) is 35.6 Å². The lowest BCUT2D eigenvalue weighted by Gasteiger charge is -1.97. The Bertz CT molecular complexity index is 471. The summed E-state index contributed by atoms with van der Waals surface area (Å²) in [6.45, 7) is 3.01. The van der Waals surface area contributed by atoms with Gasteiger partial charge in [0.05, 0.1) is 6.21 Å². The maximum absolute atomic E-state index is 8.52. The SMILES string of the molecule is CCn1cc(C=NO)c2ccccc21. The number of hydrogen-bond acceptors (Lipinski definition) is 2. The fraction of sp³-hybridized carbons (Fsp3) is 0.182. The molecule has 0 bridgehead atoms. The third kappa shape index (κ3) is 1.27.